The fourth-order valence-corrected chi connectivity index (χ4v) is 2.72. The van der Waals surface area contributed by atoms with Gasteiger partial charge in [-0.3, -0.25) is 0 Å². The highest BCUT2D eigenvalue weighted by Gasteiger charge is 2.14. The molecule has 0 saturated carbocycles. The summed E-state index contributed by atoms with van der Waals surface area (Å²) in [6, 6.07) is 6.17. The van der Waals surface area contributed by atoms with Gasteiger partial charge in [0, 0.05) is 31.3 Å². The van der Waals surface area contributed by atoms with E-state index in [0.29, 0.717) is 5.92 Å². The van der Waals surface area contributed by atoms with Gasteiger partial charge >= 0.3 is 0 Å². The lowest BCUT2D eigenvalue weighted by atomic mass is 10.0. The third-order valence-corrected chi connectivity index (χ3v) is 3.98. The van der Waals surface area contributed by atoms with Crippen LogP contribution in [0.4, 0.5) is 0 Å². The van der Waals surface area contributed by atoms with Gasteiger partial charge in [0.2, 0.25) is 0 Å². The van der Waals surface area contributed by atoms with Crippen molar-refractivity contribution in [3.05, 3.63) is 23.8 Å². The maximum atomic E-state index is 5.90. The fraction of sp³-hybridized carbons (Fsp3) is 0.684. The van der Waals surface area contributed by atoms with Crippen molar-refractivity contribution in [3.8, 4) is 11.5 Å². The molecule has 1 atom stereocenters. The van der Waals surface area contributed by atoms with Crippen molar-refractivity contribution in [2.45, 2.75) is 46.1 Å². The van der Waals surface area contributed by atoms with Gasteiger partial charge in [0.05, 0.1) is 19.8 Å². The highest BCUT2D eigenvalue weighted by Crippen LogP contribution is 2.25. The number of benzene rings is 1. The minimum atomic E-state index is 0.635. The summed E-state index contributed by atoms with van der Waals surface area (Å²) in [6.45, 7) is 9.35. The highest BCUT2D eigenvalue weighted by molar-refractivity contribution is 5.40. The summed E-state index contributed by atoms with van der Waals surface area (Å²) in [5, 5.41) is 3.55. The summed E-state index contributed by atoms with van der Waals surface area (Å²) in [5.41, 5.74) is 1.19. The molecule has 0 bridgehead atoms. The minimum absolute atomic E-state index is 0.635. The van der Waals surface area contributed by atoms with Gasteiger partial charge in [-0.05, 0) is 37.7 Å². The predicted octanol–water partition coefficient (Wildman–Crippen LogP) is 3.78. The second-order valence-electron chi connectivity index (χ2n) is 6.18. The molecule has 2 rings (SSSR count). The predicted molar refractivity (Wildman–Crippen MR) is 93.3 cm³/mol. The van der Waals surface area contributed by atoms with Gasteiger partial charge in [-0.2, -0.15) is 0 Å². The Hall–Kier alpha value is -1.26. The molecule has 1 N–H and O–H groups in total. The maximum absolute atomic E-state index is 5.90. The van der Waals surface area contributed by atoms with Crippen molar-refractivity contribution >= 4 is 0 Å². The van der Waals surface area contributed by atoms with Crippen LogP contribution in [0.2, 0.25) is 0 Å². The molecule has 1 aromatic carbocycles. The molecule has 130 valence electrons. The smallest absolute Gasteiger partial charge is 0.127 e. The third-order valence-electron chi connectivity index (χ3n) is 3.98. The molecule has 1 unspecified atom stereocenters. The van der Waals surface area contributed by atoms with Crippen molar-refractivity contribution in [2.75, 3.05) is 33.0 Å². The summed E-state index contributed by atoms with van der Waals surface area (Å²) in [5.74, 6) is 2.46. The average Bonchev–Trinajstić information content (AvgIpc) is 2.60. The van der Waals surface area contributed by atoms with Crippen LogP contribution in [0.3, 0.4) is 0 Å². The van der Waals surface area contributed by atoms with E-state index in [4.69, 9.17) is 14.2 Å². The third kappa shape index (κ3) is 6.40. The Bertz CT molecular complexity index is 444. The van der Waals surface area contributed by atoms with Gasteiger partial charge < -0.3 is 19.5 Å². The zero-order valence-electron chi connectivity index (χ0n) is 14.6. The van der Waals surface area contributed by atoms with Crippen molar-refractivity contribution in [1.29, 1.82) is 0 Å². The molecule has 1 heterocycles. The van der Waals surface area contributed by atoms with E-state index in [-0.39, 0.29) is 0 Å². The minimum Gasteiger partial charge on any atom is -0.493 e. The van der Waals surface area contributed by atoms with Gasteiger partial charge in [-0.25, -0.2) is 0 Å². The van der Waals surface area contributed by atoms with Crippen LogP contribution in [0.5, 0.6) is 11.5 Å². The van der Waals surface area contributed by atoms with E-state index >= 15 is 0 Å². The fourth-order valence-electron chi connectivity index (χ4n) is 2.72. The normalized spacial score (nSPS) is 17.9. The van der Waals surface area contributed by atoms with E-state index in [1.807, 2.05) is 12.1 Å². The molecule has 0 amide bonds. The van der Waals surface area contributed by atoms with Gasteiger partial charge in [-0.1, -0.05) is 19.9 Å². The molecule has 1 aliphatic heterocycles. The summed E-state index contributed by atoms with van der Waals surface area (Å²) >= 11 is 0. The average molecular weight is 321 g/mol. The van der Waals surface area contributed by atoms with Crippen LogP contribution in [-0.4, -0.2) is 33.0 Å². The summed E-state index contributed by atoms with van der Waals surface area (Å²) in [4.78, 5) is 0. The molecule has 1 fully saturated rings. The Labute approximate surface area is 140 Å². The summed E-state index contributed by atoms with van der Waals surface area (Å²) in [7, 11) is 0. The second kappa shape index (κ2) is 10.5. The molecule has 0 aliphatic carbocycles. The summed E-state index contributed by atoms with van der Waals surface area (Å²) in [6.07, 6.45) is 4.46. The molecular formula is C19H31NO3. The van der Waals surface area contributed by atoms with Gasteiger partial charge in [0.1, 0.15) is 11.5 Å². The number of hydrogen-bond acceptors (Lipinski definition) is 4. The summed E-state index contributed by atoms with van der Waals surface area (Å²) < 4.78 is 17.2. The Morgan fingerprint density at radius 3 is 2.74 bits per heavy atom. The first-order valence-electron chi connectivity index (χ1n) is 9.00. The van der Waals surface area contributed by atoms with E-state index in [1.54, 1.807) is 0 Å². The lowest BCUT2D eigenvalue weighted by Gasteiger charge is -2.22. The molecule has 0 aromatic heterocycles. The monoisotopic (exact) mass is 321 g/mol. The van der Waals surface area contributed by atoms with Gasteiger partial charge in [-0.15, -0.1) is 0 Å². The first-order valence-corrected chi connectivity index (χ1v) is 9.00. The van der Waals surface area contributed by atoms with Crippen molar-refractivity contribution in [1.82, 2.24) is 5.32 Å². The molecule has 1 aromatic rings. The number of rotatable bonds is 10. The van der Waals surface area contributed by atoms with E-state index in [0.717, 1.165) is 63.9 Å². The van der Waals surface area contributed by atoms with Crippen LogP contribution in [-0.2, 0) is 11.3 Å². The molecule has 4 heteroatoms. The van der Waals surface area contributed by atoms with Crippen molar-refractivity contribution in [2.24, 2.45) is 5.92 Å². The Morgan fingerprint density at radius 1 is 1.17 bits per heavy atom. The largest absolute Gasteiger partial charge is 0.493 e. The number of ether oxygens (including phenoxy) is 3. The molecule has 0 spiro atoms. The molecule has 1 saturated heterocycles. The van der Waals surface area contributed by atoms with Crippen LogP contribution in [0.25, 0.3) is 0 Å². The van der Waals surface area contributed by atoms with E-state index in [2.05, 4.69) is 25.2 Å². The quantitative estimate of drug-likeness (QED) is 0.712. The lowest BCUT2D eigenvalue weighted by Crippen LogP contribution is -2.29. The first kappa shape index (κ1) is 18.1. The standard InChI is InChI=1S/C19H31NO3/c1-3-9-22-18-8-7-17(19(12-18)23-10-4-2)14-20-13-16-6-5-11-21-15-16/h7-8,12,16,20H,3-6,9-11,13-15H2,1-2H3. The maximum Gasteiger partial charge on any atom is 0.127 e. The Balaban J connectivity index is 1.89. The second-order valence-corrected chi connectivity index (χ2v) is 6.18. The first-order chi connectivity index (χ1) is 11.3. The molecular weight excluding hydrogens is 290 g/mol. The van der Waals surface area contributed by atoms with Crippen LogP contribution < -0.4 is 14.8 Å². The molecule has 4 nitrogen and oxygen atoms in total. The van der Waals surface area contributed by atoms with Crippen LogP contribution >= 0.6 is 0 Å². The molecule has 1 aliphatic rings. The highest BCUT2D eigenvalue weighted by atomic mass is 16.5. The zero-order chi connectivity index (χ0) is 16.3. The van der Waals surface area contributed by atoms with E-state index in [9.17, 15) is 0 Å². The number of hydrogen-bond donors (Lipinski definition) is 1. The van der Waals surface area contributed by atoms with Crippen molar-refractivity contribution in [3.63, 3.8) is 0 Å². The van der Waals surface area contributed by atoms with E-state index < -0.39 is 0 Å². The lowest BCUT2D eigenvalue weighted by molar-refractivity contribution is 0.0547. The Kier molecular flexibility index (Phi) is 8.26. The molecule has 0 radical (unpaired) electrons. The van der Waals surface area contributed by atoms with Gasteiger partial charge in [0.15, 0.2) is 0 Å². The van der Waals surface area contributed by atoms with Crippen molar-refractivity contribution < 1.29 is 14.2 Å². The van der Waals surface area contributed by atoms with Crippen LogP contribution in [0.15, 0.2) is 18.2 Å². The van der Waals surface area contributed by atoms with Crippen LogP contribution in [0.1, 0.15) is 45.1 Å². The number of nitrogens with one attached hydrogen (secondary N) is 1. The van der Waals surface area contributed by atoms with E-state index in [1.165, 1.54) is 18.4 Å². The molecule has 23 heavy (non-hydrogen) atoms. The Morgan fingerprint density at radius 2 is 2.00 bits per heavy atom. The SMILES string of the molecule is CCCOc1ccc(CNCC2CCCOC2)c(OCCC)c1. The zero-order valence-corrected chi connectivity index (χ0v) is 14.6. The van der Waals surface area contributed by atoms with Gasteiger partial charge in [0.25, 0.3) is 0 Å². The van der Waals surface area contributed by atoms with Crippen LogP contribution in [0, 0.1) is 5.92 Å². The topological polar surface area (TPSA) is 39.7 Å².